The van der Waals surface area contributed by atoms with Gasteiger partial charge in [-0.15, -0.1) is 0 Å². The fourth-order valence-electron chi connectivity index (χ4n) is 6.21. The van der Waals surface area contributed by atoms with Crippen LogP contribution in [0.15, 0.2) is 30.3 Å². The Morgan fingerprint density at radius 1 is 1.03 bits per heavy atom. The molecule has 5 rings (SSSR count). The molecule has 2 aliphatic carbocycles. The van der Waals surface area contributed by atoms with Crippen molar-refractivity contribution < 1.29 is 14.3 Å². The Morgan fingerprint density at radius 3 is 2.43 bits per heavy atom. The highest BCUT2D eigenvalue weighted by atomic mass is 16.5. The third-order valence-corrected chi connectivity index (χ3v) is 8.33. The lowest BCUT2D eigenvalue weighted by Gasteiger charge is -2.34. The van der Waals surface area contributed by atoms with Gasteiger partial charge in [0.25, 0.3) is 5.91 Å². The maximum absolute atomic E-state index is 13.0. The molecule has 0 aromatic heterocycles. The summed E-state index contributed by atoms with van der Waals surface area (Å²) in [4.78, 5) is 27.6. The molecule has 1 spiro atoms. The molecule has 1 aromatic rings. The van der Waals surface area contributed by atoms with Gasteiger partial charge in [-0.3, -0.25) is 9.59 Å². The first-order valence-corrected chi connectivity index (χ1v) is 11.9. The number of rotatable bonds is 5. The smallest absolute Gasteiger partial charge is 0.251 e. The van der Waals surface area contributed by atoms with Crippen molar-refractivity contribution >= 4 is 11.8 Å². The molecule has 2 saturated heterocycles. The predicted octanol–water partition coefficient (Wildman–Crippen LogP) is 3.42. The summed E-state index contributed by atoms with van der Waals surface area (Å²) in [6.45, 7) is 3.01. The van der Waals surface area contributed by atoms with E-state index in [1.165, 1.54) is 18.4 Å². The van der Waals surface area contributed by atoms with Gasteiger partial charge in [-0.05, 0) is 55.9 Å². The number of hydrogen-bond donors (Lipinski definition) is 1. The molecule has 0 unspecified atom stereocenters. The summed E-state index contributed by atoms with van der Waals surface area (Å²) in [5.74, 6) is 0.526. The van der Waals surface area contributed by atoms with E-state index < -0.39 is 0 Å². The van der Waals surface area contributed by atoms with Crippen LogP contribution in [0, 0.1) is 11.3 Å². The quantitative estimate of drug-likeness (QED) is 0.809. The minimum atomic E-state index is -0.224. The van der Waals surface area contributed by atoms with Gasteiger partial charge < -0.3 is 15.0 Å². The number of likely N-dealkylation sites (tertiary alicyclic amines) is 1. The molecule has 30 heavy (non-hydrogen) atoms. The van der Waals surface area contributed by atoms with Gasteiger partial charge >= 0.3 is 0 Å². The van der Waals surface area contributed by atoms with Crippen LogP contribution in [-0.4, -0.2) is 49.1 Å². The predicted molar refractivity (Wildman–Crippen MR) is 115 cm³/mol. The van der Waals surface area contributed by atoms with Crippen molar-refractivity contribution in [1.29, 1.82) is 0 Å². The maximum atomic E-state index is 13.0. The molecule has 2 aliphatic heterocycles. The standard InChI is InChI=1S/C25H34N2O3/c28-22(26-18-25(10-4-5-11-25)19-7-2-1-3-8-19)20-17-24(20)12-14-27(15-13-24)23(29)21-9-6-16-30-21/h1-3,7-8,20-21H,4-6,9-18H2,(H,26,28)/t20-,21+/m1/s1. The van der Waals surface area contributed by atoms with Gasteiger partial charge in [-0.2, -0.15) is 0 Å². The molecule has 4 fully saturated rings. The van der Waals surface area contributed by atoms with Gasteiger partial charge in [0.15, 0.2) is 0 Å². The molecule has 0 radical (unpaired) electrons. The van der Waals surface area contributed by atoms with Crippen LogP contribution in [0.5, 0.6) is 0 Å². The van der Waals surface area contributed by atoms with Gasteiger partial charge in [0.05, 0.1) is 0 Å². The molecule has 2 saturated carbocycles. The topological polar surface area (TPSA) is 58.6 Å². The number of hydrogen-bond acceptors (Lipinski definition) is 3. The number of carbonyl (C=O) groups is 2. The Labute approximate surface area is 179 Å². The first kappa shape index (κ1) is 20.0. The van der Waals surface area contributed by atoms with E-state index in [9.17, 15) is 9.59 Å². The zero-order chi connectivity index (χ0) is 20.6. The number of benzene rings is 1. The van der Waals surface area contributed by atoms with E-state index in [-0.39, 0.29) is 34.7 Å². The maximum Gasteiger partial charge on any atom is 0.251 e. The van der Waals surface area contributed by atoms with Gasteiger partial charge in [0.1, 0.15) is 6.10 Å². The molecule has 4 aliphatic rings. The number of carbonyl (C=O) groups excluding carboxylic acids is 2. The monoisotopic (exact) mass is 410 g/mol. The van der Waals surface area contributed by atoms with Crippen LogP contribution in [0.25, 0.3) is 0 Å². The third-order valence-electron chi connectivity index (χ3n) is 8.33. The Bertz CT molecular complexity index is 773. The first-order chi connectivity index (χ1) is 14.6. The fourth-order valence-corrected chi connectivity index (χ4v) is 6.21. The Morgan fingerprint density at radius 2 is 1.77 bits per heavy atom. The van der Waals surface area contributed by atoms with E-state index in [4.69, 9.17) is 4.74 Å². The first-order valence-electron chi connectivity index (χ1n) is 11.9. The summed E-state index contributed by atoms with van der Waals surface area (Å²) in [6.07, 6.45) is 9.31. The van der Waals surface area contributed by atoms with Gasteiger partial charge in [0, 0.05) is 37.6 Å². The minimum absolute atomic E-state index is 0.107. The zero-order valence-corrected chi connectivity index (χ0v) is 17.9. The van der Waals surface area contributed by atoms with Gasteiger partial charge in [-0.25, -0.2) is 0 Å². The number of nitrogens with zero attached hydrogens (tertiary/aromatic N) is 1. The summed E-state index contributed by atoms with van der Waals surface area (Å²) < 4.78 is 5.57. The van der Waals surface area contributed by atoms with Crippen LogP contribution in [-0.2, 0) is 19.7 Å². The van der Waals surface area contributed by atoms with Crippen LogP contribution in [0.3, 0.4) is 0 Å². The number of nitrogens with one attached hydrogen (secondary N) is 1. The van der Waals surface area contributed by atoms with Crippen LogP contribution >= 0.6 is 0 Å². The van der Waals surface area contributed by atoms with E-state index in [0.29, 0.717) is 6.61 Å². The lowest BCUT2D eigenvalue weighted by Crippen LogP contribution is -2.45. The van der Waals surface area contributed by atoms with Crippen LogP contribution in [0.2, 0.25) is 0 Å². The van der Waals surface area contributed by atoms with E-state index in [1.807, 2.05) is 4.90 Å². The highest BCUT2D eigenvalue weighted by Gasteiger charge is 2.59. The average Bonchev–Trinajstić information content (AvgIpc) is 3.19. The average molecular weight is 411 g/mol. The van der Waals surface area contributed by atoms with Crippen LogP contribution in [0.1, 0.15) is 63.4 Å². The van der Waals surface area contributed by atoms with Crippen molar-refractivity contribution in [2.45, 2.75) is 69.3 Å². The molecule has 0 bridgehead atoms. The molecular formula is C25H34N2O3. The fraction of sp³-hybridized carbons (Fsp3) is 0.680. The van der Waals surface area contributed by atoms with Crippen LogP contribution in [0.4, 0.5) is 0 Å². The summed E-state index contributed by atoms with van der Waals surface area (Å²) in [5, 5.41) is 3.34. The largest absolute Gasteiger partial charge is 0.368 e. The second-order valence-corrected chi connectivity index (χ2v) is 10.0. The van der Waals surface area contributed by atoms with E-state index >= 15 is 0 Å². The Balaban J connectivity index is 1.15. The van der Waals surface area contributed by atoms with Crippen molar-refractivity contribution in [2.24, 2.45) is 11.3 Å². The number of ether oxygens (including phenoxy) is 1. The number of piperidine rings is 1. The molecule has 162 valence electrons. The van der Waals surface area contributed by atoms with Crippen molar-refractivity contribution in [2.75, 3.05) is 26.2 Å². The second kappa shape index (κ2) is 7.99. The summed E-state index contributed by atoms with van der Waals surface area (Å²) in [5.41, 5.74) is 1.61. The lowest BCUT2D eigenvalue weighted by molar-refractivity contribution is -0.142. The van der Waals surface area contributed by atoms with Crippen molar-refractivity contribution in [3.63, 3.8) is 0 Å². The van der Waals surface area contributed by atoms with Crippen molar-refractivity contribution in [3.8, 4) is 0 Å². The highest BCUT2D eigenvalue weighted by Crippen LogP contribution is 2.59. The van der Waals surface area contributed by atoms with Crippen molar-refractivity contribution in [1.82, 2.24) is 10.2 Å². The van der Waals surface area contributed by atoms with E-state index in [1.54, 1.807) is 0 Å². The number of amides is 2. The summed E-state index contributed by atoms with van der Waals surface area (Å²) >= 11 is 0. The molecule has 5 nitrogen and oxygen atoms in total. The second-order valence-electron chi connectivity index (χ2n) is 10.0. The molecule has 2 atom stereocenters. The normalized spacial score (nSPS) is 29.1. The van der Waals surface area contributed by atoms with Crippen LogP contribution < -0.4 is 5.32 Å². The Hall–Kier alpha value is -1.88. The van der Waals surface area contributed by atoms with Gasteiger partial charge in [-0.1, -0.05) is 43.2 Å². The third kappa shape index (κ3) is 3.66. The minimum Gasteiger partial charge on any atom is -0.368 e. The molecule has 5 heteroatoms. The van der Waals surface area contributed by atoms with Crippen molar-refractivity contribution in [3.05, 3.63) is 35.9 Å². The molecular weight excluding hydrogens is 376 g/mol. The molecule has 2 heterocycles. The molecule has 1 aromatic carbocycles. The molecule has 1 N–H and O–H groups in total. The Kier molecular flexibility index (Phi) is 5.34. The molecule has 2 amide bonds. The summed E-state index contributed by atoms with van der Waals surface area (Å²) in [7, 11) is 0. The SMILES string of the molecule is O=C(NCC1(c2ccccc2)CCCC1)[C@H]1CC12CCN(C(=O)[C@@H]1CCCO1)CC2. The van der Waals surface area contributed by atoms with E-state index in [0.717, 1.165) is 64.6 Å². The highest BCUT2D eigenvalue weighted by molar-refractivity contribution is 5.83. The zero-order valence-electron chi connectivity index (χ0n) is 17.9. The van der Waals surface area contributed by atoms with E-state index in [2.05, 4.69) is 35.6 Å². The lowest BCUT2D eigenvalue weighted by atomic mass is 9.78. The van der Waals surface area contributed by atoms with Gasteiger partial charge in [0.2, 0.25) is 5.91 Å². The summed E-state index contributed by atoms with van der Waals surface area (Å²) in [6, 6.07) is 10.7.